The minimum absolute atomic E-state index is 0.0178. The lowest BCUT2D eigenvalue weighted by Gasteiger charge is -2.20. The van der Waals surface area contributed by atoms with E-state index in [4.69, 9.17) is 0 Å². The molecule has 0 spiro atoms. The van der Waals surface area contributed by atoms with Crippen molar-refractivity contribution in [2.24, 2.45) is 7.05 Å². The smallest absolute Gasteiger partial charge is 0.246 e. The first-order valence-electron chi connectivity index (χ1n) is 6.95. The molecular weight excluding hydrogens is 331 g/mol. The third-order valence-corrected chi connectivity index (χ3v) is 5.80. The van der Waals surface area contributed by atoms with Crippen molar-refractivity contribution in [1.82, 2.24) is 14.1 Å². The fraction of sp³-hybridized carbons (Fsp3) is 0.357. The zero-order chi connectivity index (χ0) is 16.8. The highest BCUT2D eigenvalue weighted by Crippen LogP contribution is 2.27. The molecule has 0 bridgehead atoms. The number of fused-ring (bicyclic) bond motifs is 1. The van der Waals surface area contributed by atoms with Crippen LogP contribution in [0, 0.1) is 17.5 Å². The standard InChI is InChI=1S/C14H14F3N3O2S/c1-19-11-3-2-6-20(8-9(11)7-18-19)23(21,22)12-5-4-10(15)13(16)14(12)17/h4-5,7H,2-3,6,8H2,1H3. The number of aryl methyl sites for hydroxylation is 1. The van der Waals surface area contributed by atoms with E-state index < -0.39 is 32.4 Å². The SMILES string of the molecule is Cn1ncc2c1CCCN(S(=O)(=O)c1ccc(F)c(F)c1F)C2. The van der Waals surface area contributed by atoms with Crippen LogP contribution < -0.4 is 0 Å². The molecule has 0 N–H and O–H groups in total. The lowest BCUT2D eigenvalue weighted by molar-refractivity contribution is 0.396. The van der Waals surface area contributed by atoms with Gasteiger partial charge in [-0.2, -0.15) is 9.40 Å². The molecule has 2 heterocycles. The minimum Gasteiger partial charge on any atom is -0.272 e. The molecule has 0 aliphatic carbocycles. The molecule has 0 atom stereocenters. The van der Waals surface area contributed by atoms with Crippen LogP contribution >= 0.6 is 0 Å². The Bertz CT molecular complexity index is 864. The van der Waals surface area contributed by atoms with Gasteiger partial charge in [0.15, 0.2) is 17.5 Å². The molecule has 9 heteroatoms. The second kappa shape index (κ2) is 5.64. The molecule has 0 radical (unpaired) electrons. The van der Waals surface area contributed by atoms with Crippen molar-refractivity contribution in [3.63, 3.8) is 0 Å². The van der Waals surface area contributed by atoms with Gasteiger partial charge in [0.2, 0.25) is 10.0 Å². The highest BCUT2D eigenvalue weighted by Gasteiger charge is 2.32. The first-order valence-corrected chi connectivity index (χ1v) is 8.39. The van der Waals surface area contributed by atoms with Crippen molar-refractivity contribution in [2.75, 3.05) is 6.54 Å². The number of rotatable bonds is 2. The Labute approximate surface area is 131 Å². The first-order chi connectivity index (χ1) is 10.8. The van der Waals surface area contributed by atoms with Crippen molar-refractivity contribution in [3.8, 4) is 0 Å². The van der Waals surface area contributed by atoms with E-state index in [1.54, 1.807) is 17.9 Å². The quantitative estimate of drug-likeness (QED) is 0.782. The van der Waals surface area contributed by atoms with Crippen LogP contribution in [-0.2, 0) is 30.0 Å². The molecule has 1 aliphatic rings. The zero-order valence-corrected chi connectivity index (χ0v) is 13.1. The third-order valence-electron chi connectivity index (χ3n) is 3.93. The molecule has 1 aromatic carbocycles. The van der Waals surface area contributed by atoms with Gasteiger partial charge < -0.3 is 0 Å². The molecular formula is C14H14F3N3O2S. The van der Waals surface area contributed by atoms with Gasteiger partial charge in [0.1, 0.15) is 4.90 Å². The van der Waals surface area contributed by atoms with Gasteiger partial charge in [0, 0.05) is 31.4 Å². The summed E-state index contributed by atoms with van der Waals surface area (Å²) >= 11 is 0. The van der Waals surface area contributed by atoms with Crippen LogP contribution in [0.2, 0.25) is 0 Å². The van der Waals surface area contributed by atoms with Crippen LogP contribution in [0.4, 0.5) is 13.2 Å². The largest absolute Gasteiger partial charge is 0.272 e. The van der Waals surface area contributed by atoms with E-state index in [0.29, 0.717) is 18.9 Å². The van der Waals surface area contributed by atoms with Crippen molar-refractivity contribution < 1.29 is 21.6 Å². The Morgan fingerprint density at radius 3 is 2.65 bits per heavy atom. The summed E-state index contributed by atoms with van der Waals surface area (Å²) < 4.78 is 68.2. The lowest BCUT2D eigenvalue weighted by atomic mass is 10.2. The van der Waals surface area contributed by atoms with Crippen molar-refractivity contribution in [2.45, 2.75) is 24.3 Å². The number of benzene rings is 1. The van der Waals surface area contributed by atoms with E-state index in [1.165, 1.54) is 0 Å². The van der Waals surface area contributed by atoms with E-state index in [-0.39, 0.29) is 13.1 Å². The number of halogens is 3. The predicted octanol–water partition coefficient (Wildman–Crippen LogP) is 1.97. The number of aromatic nitrogens is 2. The second-order valence-electron chi connectivity index (χ2n) is 5.36. The molecule has 0 amide bonds. The summed E-state index contributed by atoms with van der Waals surface area (Å²) in [6.45, 7) is 0.180. The van der Waals surface area contributed by atoms with Gasteiger partial charge >= 0.3 is 0 Å². The van der Waals surface area contributed by atoms with E-state index in [0.717, 1.165) is 21.6 Å². The average Bonchev–Trinajstić information content (AvgIpc) is 2.73. The summed E-state index contributed by atoms with van der Waals surface area (Å²) in [6.07, 6.45) is 2.72. The van der Waals surface area contributed by atoms with E-state index in [2.05, 4.69) is 5.10 Å². The first kappa shape index (κ1) is 16.0. The molecule has 0 saturated heterocycles. The van der Waals surface area contributed by atoms with Gasteiger partial charge in [-0.15, -0.1) is 0 Å². The molecule has 1 aliphatic heterocycles. The van der Waals surface area contributed by atoms with Gasteiger partial charge in [0.05, 0.1) is 6.20 Å². The normalized spacial score (nSPS) is 16.2. The number of hydrogen-bond acceptors (Lipinski definition) is 3. The molecule has 3 rings (SSSR count). The molecule has 1 aromatic heterocycles. The summed E-state index contributed by atoms with van der Waals surface area (Å²) in [6, 6.07) is 1.36. The number of nitrogens with zero attached hydrogens (tertiary/aromatic N) is 3. The molecule has 23 heavy (non-hydrogen) atoms. The Morgan fingerprint density at radius 1 is 1.17 bits per heavy atom. The Morgan fingerprint density at radius 2 is 1.91 bits per heavy atom. The summed E-state index contributed by atoms with van der Waals surface area (Å²) in [7, 11) is -2.51. The minimum atomic E-state index is -4.27. The van der Waals surface area contributed by atoms with Crippen LogP contribution in [0.1, 0.15) is 17.7 Å². The van der Waals surface area contributed by atoms with Gasteiger partial charge in [-0.05, 0) is 25.0 Å². The Balaban J connectivity index is 2.02. The molecule has 0 saturated carbocycles. The Kier molecular flexibility index (Phi) is 3.93. The molecule has 0 fully saturated rings. The van der Waals surface area contributed by atoms with Crippen molar-refractivity contribution >= 4 is 10.0 Å². The average molecular weight is 345 g/mol. The van der Waals surface area contributed by atoms with E-state index in [1.807, 2.05) is 0 Å². The fourth-order valence-corrected chi connectivity index (χ4v) is 4.22. The van der Waals surface area contributed by atoms with Crippen molar-refractivity contribution in [1.29, 1.82) is 0 Å². The van der Waals surface area contributed by atoms with Crippen LogP contribution in [0.25, 0.3) is 0 Å². The van der Waals surface area contributed by atoms with Gasteiger partial charge in [-0.25, -0.2) is 21.6 Å². The summed E-state index contributed by atoms with van der Waals surface area (Å²) in [4.78, 5) is -0.858. The Hall–Kier alpha value is -1.87. The maximum absolute atomic E-state index is 13.9. The topological polar surface area (TPSA) is 55.2 Å². The maximum atomic E-state index is 13.9. The van der Waals surface area contributed by atoms with Crippen LogP contribution in [0.15, 0.2) is 23.2 Å². The molecule has 5 nitrogen and oxygen atoms in total. The highest BCUT2D eigenvalue weighted by molar-refractivity contribution is 7.89. The zero-order valence-electron chi connectivity index (χ0n) is 12.3. The molecule has 2 aromatic rings. The number of sulfonamides is 1. The maximum Gasteiger partial charge on any atom is 0.246 e. The molecule has 124 valence electrons. The van der Waals surface area contributed by atoms with Crippen LogP contribution in [0.3, 0.4) is 0 Å². The van der Waals surface area contributed by atoms with E-state index >= 15 is 0 Å². The fourth-order valence-electron chi connectivity index (χ4n) is 2.71. The monoisotopic (exact) mass is 345 g/mol. The summed E-state index contributed by atoms with van der Waals surface area (Å²) in [5.41, 5.74) is 1.63. The number of hydrogen-bond donors (Lipinski definition) is 0. The van der Waals surface area contributed by atoms with Crippen LogP contribution in [0.5, 0.6) is 0 Å². The van der Waals surface area contributed by atoms with Gasteiger partial charge in [-0.3, -0.25) is 4.68 Å². The van der Waals surface area contributed by atoms with E-state index in [9.17, 15) is 21.6 Å². The molecule has 0 unspecified atom stereocenters. The summed E-state index contributed by atoms with van der Waals surface area (Å²) in [5.74, 6) is -4.91. The summed E-state index contributed by atoms with van der Waals surface area (Å²) in [5, 5.41) is 4.08. The predicted molar refractivity (Wildman–Crippen MR) is 75.4 cm³/mol. The second-order valence-corrected chi connectivity index (χ2v) is 7.26. The van der Waals surface area contributed by atoms with Gasteiger partial charge in [-0.1, -0.05) is 0 Å². The van der Waals surface area contributed by atoms with Gasteiger partial charge in [0.25, 0.3) is 0 Å². The highest BCUT2D eigenvalue weighted by atomic mass is 32.2. The van der Waals surface area contributed by atoms with Crippen molar-refractivity contribution in [3.05, 3.63) is 47.0 Å². The lowest BCUT2D eigenvalue weighted by Crippen LogP contribution is -2.31. The van der Waals surface area contributed by atoms with Crippen LogP contribution in [-0.4, -0.2) is 29.0 Å². The third kappa shape index (κ3) is 2.63.